The second-order valence-corrected chi connectivity index (χ2v) is 17.3. The molecule has 0 bridgehead atoms. The van der Waals surface area contributed by atoms with Crippen LogP contribution < -0.4 is 0 Å². The van der Waals surface area contributed by atoms with Gasteiger partial charge in [0.25, 0.3) is 0 Å². The van der Waals surface area contributed by atoms with Crippen molar-refractivity contribution in [1.29, 1.82) is 0 Å². The van der Waals surface area contributed by atoms with Crippen LogP contribution in [0.15, 0.2) is 0 Å². The Labute approximate surface area is 134 Å². The molecule has 0 aliphatic rings. The lowest BCUT2D eigenvalue weighted by Crippen LogP contribution is -2.28. The van der Waals surface area contributed by atoms with E-state index in [0.717, 1.165) is 0 Å². The first-order valence-corrected chi connectivity index (χ1v) is 15.4. The SMILES string of the molecule is CC[SiH](CC)C(OC)SSSC(OC)[SiH](CC)CC. The fraction of sp³-hybridized carbons (Fsp3) is 1.00. The molecular formula is C12H30O2S3Si2. The summed E-state index contributed by atoms with van der Waals surface area (Å²) < 4.78 is 11.4. The smallest absolute Gasteiger partial charge is 0.0983 e. The number of methoxy groups -OCH3 is 2. The molecule has 0 aliphatic heterocycles. The van der Waals surface area contributed by atoms with Crippen LogP contribution in [0.2, 0.25) is 24.2 Å². The van der Waals surface area contributed by atoms with E-state index < -0.39 is 17.6 Å². The monoisotopic (exact) mass is 358 g/mol. The molecule has 7 heteroatoms. The summed E-state index contributed by atoms with van der Waals surface area (Å²) >= 11 is 0. The molecule has 2 atom stereocenters. The zero-order chi connectivity index (χ0) is 14.7. The molecule has 0 amide bonds. The highest BCUT2D eigenvalue weighted by molar-refractivity contribution is 9.09. The van der Waals surface area contributed by atoms with Crippen molar-refractivity contribution in [2.45, 2.75) is 62.0 Å². The van der Waals surface area contributed by atoms with Gasteiger partial charge in [-0.3, -0.25) is 0 Å². The van der Waals surface area contributed by atoms with E-state index in [4.69, 9.17) is 9.47 Å². The third-order valence-corrected chi connectivity index (χ3v) is 18.1. The number of hydrogen-bond donors (Lipinski definition) is 0. The van der Waals surface area contributed by atoms with Gasteiger partial charge in [-0.15, -0.1) is 0 Å². The van der Waals surface area contributed by atoms with E-state index >= 15 is 0 Å². The van der Waals surface area contributed by atoms with Gasteiger partial charge in [-0.25, -0.2) is 0 Å². The third-order valence-electron chi connectivity index (χ3n) is 3.60. The first kappa shape index (κ1) is 20.4. The molecule has 2 unspecified atom stereocenters. The minimum absolute atomic E-state index is 0.438. The predicted molar refractivity (Wildman–Crippen MR) is 101 cm³/mol. The standard InChI is InChI=1S/C12H30O2S3Si2/c1-7-18(8-2)11(13-5)15-17-16-12(14-6)19(9-3)10-4/h11-12,18-19H,7-10H2,1-6H3. The maximum atomic E-state index is 5.68. The van der Waals surface area contributed by atoms with Crippen molar-refractivity contribution >= 4 is 49.0 Å². The van der Waals surface area contributed by atoms with Crippen molar-refractivity contribution in [3.63, 3.8) is 0 Å². The summed E-state index contributed by atoms with van der Waals surface area (Å²) in [6, 6.07) is 5.29. The Bertz CT molecular complexity index is 185. The van der Waals surface area contributed by atoms with Gasteiger partial charge < -0.3 is 9.47 Å². The van der Waals surface area contributed by atoms with E-state index in [2.05, 4.69) is 27.7 Å². The van der Waals surface area contributed by atoms with Gasteiger partial charge in [0.05, 0.1) is 27.7 Å². The van der Waals surface area contributed by atoms with Gasteiger partial charge >= 0.3 is 0 Å². The average Bonchev–Trinajstić information content (AvgIpc) is 2.45. The van der Waals surface area contributed by atoms with Gasteiger partial charge in [-0.05, 0) is 9.83 Å². The first-order chi connectivity index (χ1) is 9.18. The first-order valence-electron chi connectivity index (χ1n) is 7.22. The summed E-state index contributed by atoms with van der Waals surface area (Å²) in [4.78, 5) is 0. The Morgan fingerprint density at radius 2 is 1.05 bits per heavy atom. The van der Waals surface area contributed by atoms with Crippen LogP contribution in [0.25, 0.3) is 0 Å². The molecule has 0 fully saturated rings. The zero-order valence-corrected chi connectivity index (χ0v) is 17.9. The quantitative estimate of drug-likeness (QED) is 0.288. The maximum Gasteiger partial charge on any atom is 0.0983 e. The maximum absolute atomic E-state index is 5.68. The van der Waals surface area contributed by atoms with Crippen LogP contribution in [-0.2, 0) is 9.47 Å². The van der Waals surface area contributed by atoms with Crippen LogP contribution in [0.1, 0.15) is 27.7 Å². The van der Waals surface area contributed by atoms with E-state index in [9.17, 15) is 0 Å². The summed E-state index contributed by atoms with van der Waals surface area (Å²) in [7, 11) is 7.97. The van der Waals surface area contributed by atoms with Gasteiger partial charge in [0.1, 0.15) is 0 Å². The van der Waals surface area contributed by atoms with E-state index in [-0.39, 0.29) is 0 Å². The van der Waals surface area contributed by atoms with Gasteiger partial charge in [-0.2, -0.15) is 0 Å². The van der Waals surface area contributed by atoms with Crippen molar-refractivity contribution in [3.05, 3.63) is 0 Å². The highest BCUT2D eigenvalue weighted by Crippen LogP contribution is 2.43. The second-order valence-electron chi connectivity index (χ2n) is 4.62. The Balaban J connectivity index is 4.15. The molecule has 116 valence electrons. The van der Waals surface area contributed by atoms with Crippen LogP contribution in [0.4, 0.5) is 0 Å². The van der Waals surface area contributed by atoms with Crippen molar-refractivity contribution < 1.29 is 9.47 Å². The third kappa shape index (κ3) is 7.83. The van der Waals surface area contributed by atoms with Gasteiger partial charge in [0.15, 0.2) is 0 Å². The van der Waals surface area contributed by atoms with Crippen molar-refractivity contribution in [3.8, 4) is 0 Å². The lowest BCUT2D eigenvalue weighted by Gasteiger charge is -2.24. The van der Waals surface area contributed by atoms with Gasteiger partial charge in [0, 0.05) is 14.2 Å². The fourth-order valence-electron chi connectivity index (χ4n) is 2.07. The topological polar surface area (TPSA) is 18.5 Å². The van der Waals surface area contributed by atoms with Crippen LogP contribution in [0.3, 0.4) is 0 Å². The van der Waals surface area contributed by atoms with Crippen LogP contribution >= 0.6 is 31.4 Å². The number of ether oxygens (including phenoxy) is 2. The molecule has 0 aliphatic carbocycles. The molecule has 0 radical (unpaired) electrons. The number of rotatable bonds is 12. The summed E-state index contributed by atoms with van der Waals surface area (Å²) in [5.74, 6) is 0. The van der Waals surface area contributed by atoms with Crippen LogP contribution in [0.5, 0.6) is 0 Å². The van der Waals surface area contributed by atoms with Crippen LogP contribution in [-0.4, -0.2) is 41.9 Å². The molecule has 0 rings (SSSR count). The summed E-state index contributed by atoms with van der Waals surface area (Å²) in [5.41, 5.74) is 0. The van der Waals surface area contributed by atoms with Crippen molar-refractivity contribution in [2.75, 3.05) is 14.2 Å². The Morgan fingerprint density at radius 1 is 0.737 bits per heavy atom. The lowest BCUT2D eigenvalue weighted by molar-refractivity contribution is 0.224. The molecule has 0 heterocycles. The Hall–Kier alpha value is 1.40. The van der Waals surface area contributed by atoms with E-state index in [0.29, 0.717) is 10.1 Å². The summed E-state index contributed by atoms with van der Waals surface area (Å²) in [5, 5.41) is 0.877. The molecule has 0 saturated heterocycles. The average molecular weight is 359 g/mol. The lowest BCUT2D eigenvalue weighted by atomic mass is 10.9. The normalized spacial score (nSPS) is 15.2. The van der Waals surface area contributed by atoms with Gasteiger partial charge in [0.2, 0.25) is 0 Å². The van der Waals surface area contributed by atoms with E-state index in [1.165, 1.54) is 24.2 Å². The Morgan fingerprint density at radius 3 is 1.26 bits per heavy atom. The summed E-state index contributed by atoms with van der Waals surface area (Å²) in [6.45, 7) is 9.22. The second kappa shape index (κ2) is 13.1. The fourth-order valence-corrected chi connectivity index (χ4v) is 17.6. The molecule has 0 aromatic heterocycles. The minimum atomic E-state index is -0.741. The molecule has 0 spiro atoms. The largest absolute Gasteiger partial charge is 0.374 e. The summed E-state index contributed by atoms with van der Waals surface area (Å²) in [6.07, 6.45) is 0. The Kier molecular flexibility index (Phi) is 14.1. The van der Waals surface area contributed by atoms with Gasteiger partial charge in [-0.1, -0.05) is 73.5 Å². The molecular weight excluding hydrogens is 329 g/mol. The molecule has 0 saturated carbocycles. The molecule has 0 N–H and O–H groups in total. The number of hydrogen-bond acceptors (Lipinski definition) is 5. The molecule has 2 nitrogen and oxygen atoms in total. The molecule has 0 aromatic carbocycles. The zero-order valence-electron chi connectivity index (χ0n) is 13.2. The predicted octanol–water partition coefficient (Wildman–Crippen LogP) is 4.57. The van der Waals surface area contributed by atoms with E-state index in [1.54, 1.807) is 0 Å². The highest BCUT2D eigenvalue weighted by Gasteiger charge is 2.24. The van der Waals surface area contributed by atoms with Crippen LogP contribution in [0, 0.1) is 0 Å². The van der Waals surface area contributed by atoms with Crippen molar-refractivity contribution in [1.82, 2.24) is 0 Å². The minimum Gasteiger partial charge on any atom is -0.374 e. The molecule has 0 aromatic rings. The van der Waals surface area contributed by atoms with Crippen molar-refractivity contribution in [2.24, 2.45) is 0 Å². The van der Waals surface area contributed by atoms with E-state index in [1.807, 2.05) is 45.6 Å². The molecule has 19 heavy (non-hydrogen) atoms. The highest BCUT2D eigenvalue weighted by atomic mass is 33.5.